The molecule has 0 spiro atoms. The van der Waals surface area contributed by atoms with Gasteiger partial charge in [0.25, 0.3) is 0 Å². The van der Waals surface area contributed by atoms with Crippen LogP contribution in [0.25, 0.3) is 0 Å². The van der Waals surface area contributed by atoms with Crippen molar-refractivity contribution in [1.29, 1.82) is 5.41 Å². The van der Waals surface area contributed by atoms with E-state index in [1.807, 2.05) is 42.5 Å². The third kappa shape index (κ3) is 7.04. The number of nitrogens with two attached hydrogens (primary N) is 1. The summed E-state index contributed by atoms with van der Waals surface area (Å²) in [6.45, 7) is 4.23. The van der Waals surface area contributed by atoms with Crippen LogP contribution in [0, 0.1) is 23.0 Å². The molecule has 1 aliphatic rings. The molecule has 4 N–H and O–H groups in total. The van der Waals surface area contributed by atoms with Crippen LogP contribution in [0.15, 0.2) is 91.0 Å². The highest BCUT2D eigenvalue weighted by molar-refractivity contribution is 5.87. The van der Waals surface area contributed by atoms with Crippen molar-refractivity contribution < 1.29 is 8.78 Å². The van der Waals surface area contributed by atoms with Crippen LogP contribution in [0.3, 0.4) is 0 Å². The van der Waals surface area contributed by atoms with Gasteiger partial charge in [0.05, 0.1) is 11.4 Å². The maximum atomic E-state index is 13.9. The summed E-state index contributed by atoms with van der Waals surface area (Å²) in [5.41, 5.74) is 12.3. The molecule has 0 atom stereocenters. The summed E-state index contributed by atoms with van der Waals surface area (Å²) >= 11 is 0. The molecular weight excluding hydrogens is 504 g/mol. The lowest BCUT2D eigenvalue weighted by atomic mass is 9.95. The molecule has 5 nitrogen and oxygen atoms in total. The van der Waals surface area contributed by atoms with Gasteiger partial charge in [0.15, 0.2) is 0 Å². The molecule has 40 heavy (non-hydrogen) atoms. The summed E-state index contributed by atoms with van der Waals surface area (Å²) in [6, 6.07) is 27.0. The topological polar surface area (TPSA) is 68.4 Å². The largest absolute Gasteiger partial charge is 0.397 e. The molecule has 7 heteroatoms. The average molecular weight is 540 g/mol. The minimum absolute atomic E-state index is 0.226. The predicted octanol–water partition coefficient (Wildman–Crippen LogP) is 7.21. The van der Waals surface area contributed by atoms with Gasteiger partial charge in [0, 0.05) is 42.8 Å². The fourth-order valence-corrected chi connectivity index (χ4v) is 5.44. The van der Waals surface area contributed by atoms with Crippen LogP contribution in [-0.4, -0.2) is 30.7 Å². The Bertz CT molecular complexity index is 1450. The van der Waals surface area contributed by atoms with Gasteiger partial charge in [-0.25, -0.2) is 8.78 Å². The number of halogens is 2. The normalized spacial score (nSPS) is 14.2. The molecule has 1 saturated heterocycles. The van der Waals surface area contributed by atoms with Crippen LogP contribution in [0.4, 0.5) is 31.5 Å². The second kappa shape index (κ2) is 12.7. The number of benzene rings is 4. The smallest absolute Gasteiger partial charge is 0.125 e. The number of anilines is 4. The minimum atomic E-state index is -0.300. The summed E-state index contributed by atoms with van der Waals surface area (Å²) in [4.78, 5) is 4.73. The zero-order valence-corrected chi connectivity index (χ0v) is 22.5. The van der Waals surface area contributed by atoms with Gasteiger partial charge in [0.1, 0.15) is 11.6 Å². The first-order valence-corrected chi connectivity index (χ1v) is 13.7. The lowest BCUT2D eigenvalue weighted by Crippen LogP contribution is -2.38. The maximum Gasteiger partial charge on any atom is 0.125 e. The lowest BCUT2D eigenvalue weighted by Gasteiger charge is -2.36. The van der Waals surface area contributed by atoms with E-state index < -0.39 is 0 Å². The second-order valence-electron chi connectivity index (χ2n) is 10.5. The van der Waals surface area contributed by atoms with E-state index >= 15 is 0 Å². The highest BCUT2D eigenvalue weighted by Gasteiger charge is 2.23. The van der Waals surface area contributed by atoms with Gasteiger partial charge >= 0.3 is 0 Å². The summed E-state index contributed by atoms with van der Waals surface area (Å²) in [7, 11) is 0. The molecule has 0 aromatic heterocycles. The van der Waals surface area contributed by atoms with Crippen molar-refractivity contribution >= 4 is 29.0 Å². The molecule has 0 radical (unpaired) electrons. The summed E-state index contributed by atoms with van der Waals surface area (Å²) < 4.78 is 27.5. The third-order valence-corrected chi connectivity index (χ3v) is 7.51. The standard InChI is InChI=1S/C33H35F2N5/c34-28-6-3-5-25(18-28)23-40(33-10-2-1-9-31(33)37)22-24-13-15-39(16-14-24)21-26-11-12-32(27(17-26)20-36)38-30-8-4-7-29(35)19-30/h1-12,17-20,24,36,38H,13-16,21-23,37H2. The highest BCUT2D eigenvalue weighted by Crippen LogP contribution is 2.29. The molecule has 0 unspecified atom stereocenters. The zero-order chi connectivity index (χ0) is 27.9. The lowest BCUT2D eigenvalue weighted by molar-refractivity contribution is 0.179. The van der Waals surface area contributed by atoms with Gasteiger partial charge in [-0.05, 0) is 97.6 Å². The Balaban J connectivity index is 1.20. The predicted molar refractivity (Wildman–Crippen MR) is 160 cm³/mol. The minimum Gasteiger partial charge on any atom is -0.397 e. The van der Waals surface area contributed by atoms with Crippen LogP contribution in [0.1, 0.15) is 29.5 Å². The molecule has 1 aliphatic heterocycles. The van der Waals surface area contributed by atoms with Gasteiger partial charge in [-0.1, -0.05) is 36.4 Å². The number of hydrogen-bond acceptors (Lipinski definition) is 5. The van der Waals surface area contributed by atoms with Crippen molar-refractivity contribution in [3.63, 3.8) is 0 Å². The van der Waals surface area contributed by atoms with Crippen molar-refractivity contribution in [2.75, 3.05) is 35.6 Å². The van der Waals surface area contributed by atoms with Crippen LogP contribution in [-0.2, 0) is 13.1 Å². The van der Waals surface area contributed by atoms with E-state index in [0.29, 0.717) is 18.2 Å². The van der Waals surface area contributed by atoms with Gasteiger partial charge in [-0.2, -0.15) is 0 Å². The molecule has 4 aromatic carbocycles. The van der Waals surface area contributed by atoms with E-state index in [0.717, 1.165) is 72.8 Å². The van der Waals surface area contributed by atoms with E-state index in [9.17, 15) is 8.78 Å². The third-order valence-electron chi connectivity index (χ3n) is 7.51. The number of likely N-dealkylation sites (tertiary alicyclic amines) is 1. The number of nitrogens with one attached hydrogen (secondary N) is 2. The van der Waals surface area contributed by atoms with Gasteiger partial charge in [0.2, 0.25) is 0 Å². The summed E-state index contributed by atoms with van der Waals surface area (Å²) in [5.74, 6) is -0.0270. The quantitative estimate of drug-likeness (QED) is 0.147. The number of para-hydroxylation sites is 2. The Labute approximate surface area is 234 Å². The molecule has 0 bridgehead atoms. The first-order chi connectivity index (χ1) is 19.5. The molecule has 206 valence electrons. The first kappa shape index (κ1) is 27.3. The maximum absolute atomic E-state index is 13.9. The Kier molecular flexibility index (Phi) is 8.71. The van der Waals surface area contributed by atoms with Crippen molar-refractivity contribution in [2.45, 2.75) is 25.9 Å². The second-order valence-corrected chi connectivity index (χ2v) is 10.5. The fourth-order valence-electron chi connectivity index (χ4n) is 5.44. The van der Waals surface area contributed by atoms with Crippen molar-refractivity contribution in [3.8, 4) is 0 Å². The molecule has 0 saturated carbocycles. The van der Waals surface area contributed by atoms with Crippen LogP contribution >= 0.6 is 0 Å². The van der Waals surface area contributed by atoms with Gasteiger partial charge < -0.3 is 21.4 Å². The summed E-state index contributed by atoms with van der Waals surface area (Å²) in [6.07, 6.45) is 3.45. The average Bonchev–Trinajstić information content (AvgIpc) is 2.95. The van der Waals surface area contributed by atoms with E-state index in [2.05, 4.69) is 21.2 Å². The Morgan fingerprint density at radius 2 is 1.62 bits per heavy atom. The van der Waals surface area contributed by atoms with Gasteiger partial charge in [-0.15, -0.1) is 0 Å². The highest BCUT2D eigenvalue weighted by atomic mass is 19.1. The molecular formula is C33H35F2N5. The van der Waals surface area contributed by atoms with Crippen molar-refractivity contribution in [3.05, 3.63) is 119 Å². The van der Waals surface area contributed by atoms with Crippen LogP contribution in [0.2, 0.25) is 0 Å². The monoisotopic (exact) mass is 539 g/mol. The van der Waals surface area contributed by atoms with E-state index in [4.69, 9.17) is 11.1 Å². The number of nitrogen functional groups attached to an aromatic ring is 1. The summed E-state index contributed by atoms with van der Waals surface area (Å²) in [5, 5.41) is 11.1. The Hall–Kier alpha value is -4.23. The number of piperidine rings is 1. The SMILES string of the molecule is N=Cc1cc(CN2CCC(CN(Cc3cccc(F)c3)c3ccccc3N)CC2)ccc1Nc1cccc(F)c1. The van der Waals surface area contributed by atoms with E-state index in [1.54, 1.807) is 24.3 Å². The molecule has 5 rings (SSSR count). The Morgan fingerprint density at radius 1 is 0.875 bits per heavy atom. The molecule has 4 aromatic rings. The fraction of sp³-hybridized carbons (Fsp3) is 0.242. The molecule has 1 heterocycles. The Morgan fingerprint density at radius 3 is 2.35 bits per heavy atom. The van der Waals surface area contributed by atoms with E-state index in [-0.39, 0.29) is 11.6 Å². The zero-order valence-electron chi connectivity index (χ0n) is 22.5. The number of rotatable bonds is 10. The van der Waals surface area contributed by atoms with Crippen LogP contribution < -0.4 is 16.0 Å². The van der Waals surface area contributed by atoms with Gasteiger partial charge in [-0.3, -0.25) is 4.90 Å². The van der Waals surface area contributed by atoms with Crippen molar-refractivity contribution in [1.82, 2.24) is 4.90 Å². The molecule has 0 amide bonds. The number of nitrogens with zero attached hydrogens (tertiary/aromatic N) is 2. The number of hydrogen-bond donors (Lipinski definition) is 3. The molecule has 1 fully saturated rings. The van der Waals surface area contributed by atoms with E-state index in [1.165, 1.54) is 24.4 Å². The van der Waals surface area contributed by atoms with Crippen LogP contribution in [0.5, 0.6) is 0 Å². The van der Waals surface area contributed by atoms with Crippen molar-refractivity contribution in [2.24, 2.45) is 5.92 Å². The molecule has 0 aliphatic carbocycles. The first-order valence-electron chi connectivity index (χ1n) is 13.7.